The van der Waals surface area contributed by atoms with E-state index in [1.807, 2.05) is 0 Å². The largest absolute Gasteiger partial charge is 0.367 e. The van der Waals surface area contributed by atoms with Gasteiger partial charge in [-0.15, -0.1) is 11.3 Å². The molecule has 1 aliphatic heterocycles. The van der Waals surface area contributed by atoms with Crippen LogP contribution in [0.2, 0.25) is 4.34 Å². The van der Waals surface area contributed by atoms with Crippen LogP contribution in [-0.4, -0.2) is 21.7 Å². The van der Waals surface area contributed by atoms with Crippen molar-refractivity contribution in [2.75, 3.05) is 0 Å². The van der Waals surface area contributed by atoms with E-state index in [9.17, 15) is 14.0 Å². The van der Waals surface area contributed by atoms with Crippen LogP contribution in [0.1, 0.15) is 59.5 Å². The molecule has 4 rings (SSSR count). The molecule has 0 saturated heterocycles. The molecule has 1 aliphatic carbocycles. The Hall–Kier alpha value is -1.99. The van der Waals surface area contributed by atoms with Gasteiger partial charge in [0.15, 0.2) is 5.54 Å². The number of hydrogen-bond donors (Lipinski definition) is 1. The van der Waals surface area contributed by atoms with Gasteiger partial charge in [-0.1, -0.05) is 55.8 Å². The van der Waals surface area contributed by atoms with Crippen molar-refractivity contribution >= 4 is 34.8 Å². The molecular weight excluding hydrogens is 401 g/mol. The van der Waals surface area contributed by atoms with Crippen molar-refractivity contribution in [2.24, 2.45) is 11.7 Å². The monoisotopic (exact) mass is 421 g/mol. The standard InChI is InChI=1S/C20H21ClFN3O2S/c21-15-10-24-19(28-15)20(18(23)27,9-12-5-2-1-3-6-12)25-11-13-7-4-8-14(22)16(13)17(25)26/h4,7-8,10,12H,1-3,5-6,9,11H2,(H2,23,27). The zero-order valence-electron chi connectivity index (χ0n) is 15.3. The quantitative estimate of drug-likeness (QED) is 0.784. The fourth-order valence-corrected chi connectivity index (χ4v) is 5.66. The minimum absolute atomic E-state index is 0.0134. The lowest BCUT2D eigenvalue weighted by atomic mass is 9.78. The number of carbonyl (C=O) groups is 2. The van der Waals surface area contributed by atoms with E-state index in [2.05, 4.69) is 4.98 Å². The number of benzene rings is 1. The highest BCUT2D eigenvalue weighted by Crippen LogP contribution is 2.45. The summed E-state index contributed by atoms with van der Waals surface area (Å²) in [6.07, 6.45) is 7.13. The van der Waals surface area contributed by atoms with Crippen LogP contribution in [0.5, 0.6) is 0 Å². The number of primary amides is 1. The van der Waals surface area contributed by atoms with E-state index in [1.54, 1.807) is 12.1 Å². The maximum atomic E-state index is 14.4. The van der Waals surface area contributed by atoms with Crippen LogP contribution in [0.25, 0.3) is 0 Å². The Bertz CT molecular complexity index is 928. The number of thiazole rings is 1. The van der Waals surface area contributed by atoms with Crippen LogP contribution in [0, 0.1) is 11.7 Å². The lowest BCUT2D eigenvalue weighted by Crippen LogP contribution is -2.56. The molecule has 2 aliphatic rings. The van der Waals surface area contributed by atoms with E-state index in [0.29, 0.717) is 21.3 Å². The number of fused-ring (bicyclic) bond motifs is 1. The van der Waals surface area contributed by atoms with Gasteiger partial charge in [0, 0.05) is 6.54 Å². The van der Waals surface area contributed by atoms with Gasteiger partial charge in [0.05, 0.1) is 11.8 Å². The Morgan fingerprint density at radius 3 is 2.71 bits per heavy atom. The second-order valence-electron chi connectivity index (χ2n) is 7.57. The SMILES string of the molecule is NC(=O)C(CC1CCCCC1)(c1ncc(Cl)s1)N1Cc2cccc(F)c2C1=O. The molecule has 1 unspecified atom stereocenters. The van der Waals surface area contributed by atoms with Crippen molar-refractivity contribution in [3.63, 3.8) is 0 Å². The first-order valence-corrected chi connectivity index (χ1v) is 10.6. The molecule has 5 nitrogen and oxygen atoms in total. The van der Waals surface area contributed by atoms with Crippen molar-refractivity contribution in [3.8, 4) is 0 Å². The third kappa shape index (κ3) is 3.10. The van der Waals surface area contributed by atoms with Crippen molar-refractivity contribution in [1.82, 2.24) is 9.88 Å². The summed E-state index contributed by atoms with van der Waals surface area (Å²) in [5.41, 5.74) is 5.08. The fourth-order valence-electron chi connectivity index (χ4n) is 4.53. The number of amides is 2. The molecule has 28 heavy (non-hydrogen) atoms. The number of halogens is 2. The second-order valence-corrected chi connectivity index (χ2v) is 9.23. The summed E-state index contributed by atoms with van der Waals surface area (Å²) in [6, 6.07) is 4.53. The van der Waals surface area contributed by atoms with Crippen molar-refractivity contribution < 1.29 is 14.0 Å². The van der Waals surface area contributed by atoms with Gasteiger partial charge in [0.2, 0.25) is 0 Å². The zero-order chi connectivity index (χ0) is 19.9. The van der Waals surface area contributed by atoms with Crippen molar-refractivity contribution in [1.29, 1.82) is 0 Å². The molecule has 2 amide bonds. The molecule has 2 aromatic rings. The van der Waals surface area contributed by atoms with E-state index >= 15 is 0 Å². The van der Waals surface area contributed by atoms with Gasteiger partial charge >= 0.3 is 0 Å². The fraction of sp³-hybridized carbons (Fsp3) is 0.450. The Morgan fingerprint density at radius 1 is 1.36 bits per heavy atom. The van der Waals surface area contributed by atoms with Crippen molar-refractivity contribution in [2.45, 2.75) is 50.6 Å². The Labute approximate surface area is 171 Å². The van der Waals surface area contributed by atoms with E-state index < -0.39 is 23.2 Å². The van der Waals surface area contributed by atoms with Crippen LogP contribution in [0.3, 0.4) is 0 Å². The summed E-state index contributed by atoms with van der Waals surface area (Å²) in [6.45, 7) is 0.124. The molecular formula is C20H21ClFN3O2S. The molecule has 0 radical (unpaired) electrons. The number of nitrogens with zero attached hydrogens (tertiary/aromatic N) is 2. The molecule has 0 spiro atoms. The maximum Gasteiger partial charge on any atom is 0.258 e. The highest BCUT2D eigenvalue weighted by molar-refractivity contribution is 7.16. The lowest BCUT2D eigenvalue weighted by molar-refractivity contribution is -0.131. The summed E-state index contributed by atoms with van der Waals surface area (Å²) in [7, 11) is 0. The van der Waals surface area contributed by atoms with Gasteiger partial charge in [-0.25, -0.2) is 9.37 Å². The summed E-state index contributed by atoms with van der Waals surface area (Å²) < 4.78 is 14.8. The van der Waals surface area contributed by atoms with Gasteiger partial charge in [-0.2, -0.15) is 0 Å². The summed E-state index contributed by atoms with van der Waals surface area (Å²) in [5.74, 6) is -1.51. The molecule has 1 saturated carbocycles. The summed E-state index contributed by atoms with van der Waals surface area (Å²) >= 11 is 7.26. The third-order valence-electron chi connectivity index (χ3n) is 5.90. The minimum Gasteiger partial charge on any atom is -0.367 e. The van der Waals surface area contributed by atoms with Gasteiger partial charge < -0.3 is 10.6 Å². The number of carbonyl (C=O) groups excluding carboxylic acids is 2. The summed E-state index contributed by atoms with van der Waals surface area (Å²) in [5, 5.41) is 0.400. The first kappa shape index (κ1) is 19.3. The normalized spacial score (nSPS) is 19.5. The number of hydrogen-bond acceptors (Lipinski definition) is 4. The Balaban J connectivity index is 1.82. The lowest BCUT2D eigenvalue weighted by Gasteiger charge is -2.40. The molecule has 1 aromatic heterocycles. The number of aromatic nitrogens is 1. The Kier molecular flexibility index (Phi) is 5.14. The molecule has 8 heteroatoms. The number of nitrogens with two attached hydrogens (primary N) is 1. The van der Waals surface area contributed by atoms with Gasteiger partial charge in [0.25, 0.3) is 11.8 Å². The first-order chi connectivity index (χ1) is 13.4. The Morgan fingerprint density at radius 2 is 2.11 bits per heavy atom. The molecule has 0 bridgehead atoms. The molecule has 1 atom stereocenters. The topological polar surface area (TPSA) is 76.3 Å². The highest BCUT2D eigenvalue weighted by atomic mass is 35.5. The van der Waals surface area contributed by atoms with E-state index in [4.69, 9.17) is 17.3 Å². The predicted octanol–water partition coefficient (Wildman–Crippen LogP) is 4.24. The van der Waals surface area contributed by atoms with Crippen LogP contribution in [-0.2, 0) is 16.9 Å². The predicted molar refractivity (Wildman–Crippen MR) is 105 cm³/mol. The van der Waals surface area contributed by atoms with Crippen LogP contribution in [0.4, 0.5) is 4.39 Å². The number of rotatable bonds is 5. The molecule has 2 heterocycles. The van der Waals surface area contributed by atoms with E-state index in [0.717, 1.165) is 37.0 Å². The molecule has 148 valence electrons. The zero-order valence-corrected chi connectivity index (χ0v) is 16.9. The highest BCUT2D eigenvalue weighted by Gasteiger charge is 2.53. The van der Waals surface area contributed by atoms with Gasteiger partial charge in [-0.05, 0) is 24.0 Å². The average molecular weight is 422 g/mol. The molecule has 1 aromatic carbocycles. The van der Waals surface area contributed by atoms with Crippen LogP contribution in [0.15, 0.2) is 24.4 Å². The average Bonchev–Trinajstić information content (AvgIpc) is 3.25. The third-order valence-corrected chi connectivity index (χ3v) is 7.16. The molecule has 2 N–H and O–H groups in total. The first-order valence-electron chi connectivity index (χ1n) is 9.44. The van der Waals surface area contributed by atoms with Crippen LogP contribution >= 0.6 is 22.9 Å². The van der Waals surface area contributed by atoms with Crippen LogP contribution < -0.4 is 5.73 Å². The van der Waals surface area contributed by atoms with Crippen molar-refractivity contribution in [3.05, 3.63) is 50.7 Å². The molecule has 1 fully saturated rings. The second kappa shape index (κ2) is 7.44. The smallest absolute Gasteiger partial charge is 0.258 e. The summed E-state index contributed by atoms with van der Waals surface area (Å²) in [4.78, 5) is 31.9. The minimum atomic E-state index is -1.43. The van der Waals surface area contributed by atoms with Gasteiger partial charge in [0.1, 0.15) is 15.2 Å². The van der Waals surface area contributed by atoms with Gasteiger partial charge in [-0.3, -0.25) is 9.59 Å². The van der Waals surface area contributed by atoms with E-state index in [-0.39, 0.29) is 18.0 Å². The van der Waals surface area contributed by atoms with E-state index in [1.165, 1.54) is 23.6 Å². The maximum absolute atomic E-state index is 14.4.